The molecule has 1 aliphatic heterocycles. The quantitative estimate of drug-likeness (QED) is 0.616. The number of carbonyl (C=O) groups is 2. The number of pyridine rings is 1. The summed E-state index contributed by atoms with van der Waals surface area (Å²) in [6, 6.07) is 11.2. The molecule has 2 amide bonds. The highest BCUT2D eigenvalue weighted by atomic mass is 19.1. The second kappa shape index (κ2) is 9.94. The number of rotatable bonds is 6. The zero-order valence-electron chi connectivity index (χ0n) is 18.9. The summed E-state index contributed by atoms with van der Waals surface area (Å²) < 4.78 is 14.8. The molecule has 1 aromatic carbocycles. The number of halogens is 1. The molecule has 0 radical (unpaired) electrons. The van der Waals surface area contributed by atoms with Crippen molar-refractivity contribution in [3.8, 4) is 0 Å². The summed E-state index contributed by atoms with van der Waals surface area (Å²) in [7, 11) is 0. The number of aryl methyl sites for hydroxylation is 1. The number of benzene rings is 1. The molecule has 1 fully saturated rings. The number of likely N-dealkylation sites (tertiary alicyclic amines) is 1. The molecular weight excluding hydrogens is 421 g/mol. The summed E-state index contributed by atoms with van der Waals surface area (Å²) in [6.45, 7) is 5.85. The topological polar surface area (TPSA) is 80.1 Å². The summed E-state index contributed by atoms with van der Waals surface area (Å²) in [5.41, 5.74) is 2.85. The first-order valence-corrected chi connectivity index (χ1v) is 11.2. The molecular formula is C25H28FN5O2. The fourth-order valence-electron chi connectivity index (χ4n) is 4.15. The van der Waals surface area contributed by atoms with Crippen LogP contribution in [0.3, 0.4) is 0 Å². The van der Waals surface area contributed by atoms with E-state index in [-0.39, 0.29) is 29.5 Å². The number of aromatic nitrogens is 3. The number of piperidine rings is 1. The minimum atomic E-state index is -0.353. The van der Waals surface area contributed by atoms with Crippen molar-refractivity contribution < 1.29 is 14.0 Å². The van der Waals surface area contributed by atoms with Gasteiger partial charge in [-0.05, 0) is 62.2 Å². The summed E-state index contributed by atoms with van der Waals surface area (Å²) in [5, 5.41) is 7.11. The van der Waals surface area contributed by atoms with E-state index in [0.717, 1.165) is 24.2 Å². The van der Waals surface area contributed by atoms with E-state index in [1.807, 2.05) is 41.8 Å². The van der Waals surface area contributed by atoms with Crippen molar-refractivity contribution >= 4 is 17.5 Å². The van der Waals surface area contributed by atoms with Gasteiger partial charge in [0.15, 0.2) is 0 Å². The molecule has 4 rings (SSSR count). The standard InChI is InChI=1S/C25H28FN5O2/c1-17(16-31-14-9-18(2)29-31)25(33)30-12-10-19(11-13-30)23-8-3-20(15-27-23)24(32)28-22-6-4-21(26)5-7-22/h3-9,14-15,17,19H,10-13,16H2,1-2H3,(H,28,32). The number of anilines is 1. The third-order valence-electron chi connectivity index (χ3n) is 6.03. The Balaban J connectivity index is 1.29. The van der Waals surface area contributed by atoms with E-state index in [1.54, 1.807) is 12.3 Å². The van der Waals surface area contributed by atoms with Gasteiger partial charge in [-0.1, -0.05) is 6.92 Å². The maximum Gasteiger partial charge on any atom is 0.257 e. The SMILES string of the molecule is Cc1ccn(CC(C)C(=O)N2CCC(c3ccc(C(=O)Nc4ccc(F)cc4)cn3)CC2)n1. The number of hydrogen-bond donors (Lipinski definition) is 1. The van der Waals surface area contributed by atoms with Crippen LogP contribution >= 0.6 is 0 Å². The maximum atomic E-state index is 13.0. The Labute approximate surface area is 192 Å². The van der Waals surface area contributed by atoms with Crippen LogP contribution in [0.15, 0.2) is 54.9 Å². The lowest BCUT2D eigenvalue weighted by molar-refractivity contribution is -0.136. The van der Waals surface area contributed by atoms with Crippen LogP contribution in [0.25, 0.3) is 0 Å². The van der Waals surface area contributed by atoms with Gasteiger partial charge in [-0.25, -0.2) is 4.39 Å². The van der Waals surface area contributed by atoms with Crippen molar-refractivity contribution in [3.63, 3.8) is 0 Å². The average Bonchev–Trinajstić information content (AvgIpc) is 3.24. The lowest BCUT2D eigenvalue weighted by atomic mass is 9.92. The summed E-state index contributed by atoms with van der Waals surface area (Å²) in [4.78, 5) is 31.7. The second-order valence-corrected chi connectivity index (χ2v) is 8.61. The van der Waals surface area contributed by atoms with Gasteiger partial charge in [-0.2, -0.15) is 5.10 Å². The molecule has 1 saturated heterocycles. The first kappa shape index (κ1) is 22.6. The Bertz CT molecular complexity index is 1100. The number of nitrogens with one attached hydrogen (secondary N) is 1. The highest BCUT2D eigenvalue weighted by molar-refractivity contribution is 6.04. The van der Waals surface area contributed by atoms with Gasteiger partial charge in [0, 0.05) is 42.8 Å². The van der Waals surface area contributed by atoms with E-state index >= 15 is 0 Å². The van der Waals surface area contributed by atoms with Crippen molar-refractivity contribution in [2.24, 2.45) is 5.92 Å². The number of nitrogens with zero attached hydrogens (tertiary/aromatic N) is 4. The van der Waals surface area contributed by atoms with E-state index < -0.39 is 0 Å². The van der Waals surface area contributed by atoms with Gasteiger partial charge < -0.3 is 10.2 Å². The van der Waals surface area contributed by atoms with Gasteiger partial charge >= 0.3 is 0 Å². The van der Waals surface area contributed by atoms with Crippen LogP contribution in [0.1, 0.15) is 47.4 Å². The van der Waals surface area contributed by atoms with E-state index in [9.17, 15) is 14.0 Å². The molecule has 0 bridgehead atoms. The molecule has 1 unspecified atom stereocenters. The Kier molecular flexibility index (Phi) is 6.82. The third kappa shape index (κ3) is 5.63. The summed E-state index contributed by atoms with van der Waals surface area (Å²) in [5.74, 6) is -0.357. The predicted molar refractivity (Wildman–Crippen MR) is 123 cm³/mol. The van der Waals surface area contributed by atoms with Crippen LogP contribution < -0.4 is 5.32 Å². The molecule has 1 aliphatic rings. The monoisotopic (exact) mass is 449 g/mol. The van der Waals surface area contributed by atoms with Gasteiger partial charge in [0.05, 0.1) is 23.7 Å². The van der Waals surface area contributed by atoms with Gasteiger partial charge in [-0.3, -0.25) is 19.3 Å². The van der Waals surface area contributed by atoms with Gasteiger partial charge in [0.1, 0.15) is 5.82 Å². The van der Waals surface area contributed by atoms with Crippen molar-refractivity contribution in [2.45, 2.75) is 39.2 Å². The molecule has 0 aliphatic carbocycles. The summed E-state index contributed by atoms with van der Waals surface area (Å²) in [6.07, 6.45) is 5.15. The molecule has 1 atom stereocenters. The minimum Gasteiger partial charge on any atom is -0.342 e. The van der Waals surface area contributed by atoms with Crippen LogP contribution in [0.2, 0.25) is 0 Å². The van der Waals surface area contributed by atoms with E-state index in [0.29, 0.717) is 30.9 Å². The van der Waals surface area contributed by atoms with Crippen molar-refractivity contribution in [2.75, 3.05) is 18.4 Å². The second-order valence-electron chi connectivity index (χ2n) is 8.61. The number of amides is 2. The highest BCUT2D eigenvalue weighted by Gasteiger charge is 2.27. The fourth-order valence-corrected chi connectivity index (χ4v) is 4.15. The molecule has 172 valence electrons. The van der Waals surface area contributed by atoms with E-state index in [4.69, 9.17) is 0 Å². The predicted octanol–water partition coefficient (Wildman–Crippen LogP) is 4.02. The van der Waals surface area contributed by atoms with Crippen molar-refractivity contribution in [3.05, 3.63) is 77.6 Å². The first-order valence-electron chi connectivity index (χ1n) is 11.2. The van der Waals surface area contributed by atoms with Crippen molar-refractivity contribution in [1.29, 1.82) is 0 Å². The zero-order chi connectivity index (χ0) is 23.4. The smallest absolute Gasteiger partial charge is 0.257 e. The molecule has 3 aromatic rings. The van der Waals surface area contributed by atoms with Crippen LogP contribution in [-0.4, -0.2) is 44.6 Å². The highest BCUT2D eigenvalue weighted by Crippen LogP contribution is 2.27. The van der Waals surface area contributed by atoms with Gasteiger partial charge in [0.25, 0.3) is 5.91 Å². The van der Waals surface area contributed by atoms with Gasteiger partial charge in [-0.15, -0.1) is 0 Å². The minimum absolute atomic E-state index is 0.127. The normalized spacial score (nSPS) is 15.3. The Morgan fingerprint density at radius 1 is 1.12 bits per heavy atom. The molecule has 3 heterocycles. The van der Waals surface area contributed by atoms with Crippen LogP contribution in [0.4, 0.5) is 10.1 Å². The molecule has 1 N–H and O–H groups in total. The zero-order valence-corrected chi connectivity index (χ0v) is 18.9. The fraction of sp³-hybridized carbons (Fsp3) is 0.360. The largest absolute Gasteiger partial charge is 0.342 e. The lowest BCUT2D eigenvalue weighted by Crippen LogP contribution is -2.41. The molecule has 0 spiro atoms. The molecule has 33 heavy (non-hydrogen) atoms. The molecule has 7 nitrogen and oxygen atoms in total. The summed E-state index contributed by atoms with van der Waals surface area (Å²) >= 11 is 0. The Morgan fingerprint density at radius 2 is 1.85 bits per heavy atom. The van der Waals surface area contributed by atoms with Crippen molar-refractivity contribution in [1.82, 2.24) is 19.7 Å². The lowest BCUT2D eigenvalue weighted by Gasteiger charge is -2.33. The van der Waals surface area contributed by atoms with E-state index in [1.165, 1.54) is 24.3 Å². The molecule has 2 aromatic heterocycles. The average molecular weight is 450 g/mol. The first-order chi connectivity index (χ1) is 15.9. The Morgan fingerprint density at radius 3 is 2.45 bits per heavy atom. The van der Waals surface area contributed by atoms with Crippen LogP contribution in [0, 0.1) is 18.7 Å². The third-order valence-corrected chi connectivity index (χ3v) is 6.03. The Hall–Kier alpha value is -3.55. The molecule has 0 saturated carbocycles. The number of carbonyl (C=O) groups excluding carboxylic acids is 2. The number of hydrogen-bond acceptors (Lipinski definition) is 4. The van der Waals surface area contributed by atoms with Crippen LogP contribution in [0.5, 0.6) is 0 Å². The van der Waals surface area contributed by atoms with Crippen LogP contribution in [-0.2, 0) is 11.3 Å². The molecule has 8 heteroatoms. The van der Waals surface area contributed by atoms with E-state index in [2.05, 4.69) is 15.4 Å². The van der Waals surface area contributed by atoms with Gasteiger partial charge in [0.2, 0.25) is 5.91 Å². The maximum absolute atomic E-state index is 13.0.